The Kier molecular flexibility index (Phi) is 35.1. The fraction of sp³-hybridized carbons (Fsp3) is 0.466. The summed E-state index contributed by atoms with van der Waals surface area (Å²) in [5, 5.41) is 23.1. The van der Waals surface area contributed by atoms with Gasteiger partial charge in [-0.1, -0.05) is 228 Å². The van der Waals surface area contributed by atoms with Gasteiger partial charge in [0.05, 0.1) is 27.6 Å². The molecular formula is C88H112N10O9S2. The predicted molar refractivity (Wildman–Crippen MR) is 437 cm³/mol. The number of amides is 8. The van der Waals surface area contributed by atoms with Crippen molar-refractivity contribution in [1.82, 2.24) is 30.0 Å². The van der Waals surface area contributed by atoms with Gasteiger partial charge in [0.1, 0.15) is 23.3 Å². The number of carbonyl (C=O) groups excluding carboxylic acids is 9. The molecule has 21 heteroatoms. The second-order valence-corrected chi connectivity index (χ2v) is 30.6. The number of aldehydes is 1. The zero-order valence-electron chi connectivity index (χ0n) is 67.0. The summed E-state index contributed by atoms with van der Waals surface area (Å²) >= 11 is 3.07. The number of imide groups is 4. The van der Waals surface area contributed by atoms with Crippen LogP contribution in [-0.4, -0.2) is 110 Å². The van der Waals surface area contributed by atoms with Crippen LogP contribution in [0.15, 0.2) is 125 Å². The van der Waals surface area contributed by atoms with Crippen LogP contribution >= 0.6 is 22.7 Å². The summed E-state index contributed by atoms with van der Waals surface area (Å²) in [6.45, 7) is 35.5. The van der Waals surface area contributed by atoms with Gasteiger partial charge in [-0.25, -0.2) is 9.97 Å². The van der Waals surface area contributed by atoms with E-state index in [0.717, 1.165) is 141 Å². The van der Waals surface area contributed by atoms with Crippen molar-refractivity contribution in [3.05, 3.63) is 168 Å². The van der Waals surface area contributed by atoms with E-state index in [9.17, 15) is 48.4 Å². The summed E-state index contributed by atoms with van der Waals surface area (Å²) in [6, 6.07) is 31.8. The maximum atomic E-state index is 14.5. The predicted octanol–water partition coefficient (Wildman–Crippen LogP) is 19.5. The molecule has 0 spiro atoms. The topological polar surface area (TPSA) is 246 Å². The van der Waals surface area contributed by atoms with Crippen molar-refractivity contribution >= 4 is 92.6 Å². The number of rotatable bonds is 34. The summed E-state index contributed by atoms with van der Waals surface area (Å²) < 4.78 is 0. The summed E-state index contributed by atoms with van der Waals surface area (Å²) in [7, 11) is 0. The number of aromatic nitrogens is 2. The molecule has 8 amide bonds. The van der Waals surface area contributed by atoms with E-state index in [4.69, 9.17) is 15.2 Å². The first kappa shape index (κ1) is 88.1. The molecule has 4 heterocycles. The van der Waals surface area contributed by atoms with Crippen LogP contribution in [0.1, 0.15) is 250 Å². The van der Waals surface area contributed by atoms with E-state index in [0.29, 0.717) is 59.9 Å². The minimum Gasteiger partial charge on any atom is -0.348 e. The first-order chi connectivity index (χ1) is 52.3. The molecule has 6 aromatic rings. The lowest BCUT2D eigenvalue weighted by atomic mass is 9.94. The molecular weight excluding hydrogens is 1410 g/mol. The first-order valence-electron chi connectivity index (χ1n) is 38.9. The normalized spacial score (nSPS) is 14.4. The smallest absolute Gasteiger partial charge is 0.291 e. The van der Waals surface area contributed by atoms with E-state index < -0.39 is 47.3 Å². The largest absolute Gasteiger partial charge is 0.348 e. The minimum absolute atomic E-state index is 0.0382. The van der Waals surface area contributed by atoms with Gasteiger partial charge < -0.3 is 9.80 Å². The molecule has 4 atom stereocenters. The number of hydrazine groups is 2. The van der Waals surface area contributed by atoms with Crippen molar-refractivity contribution in [3.8, 4) is 34.7 Å². The van der Waals surface area contributed by atoms with Gasteiger partial charge in [-0.2, -0.15) is 30.6 Å². The van der Waals surface area contributed by atoms with Crippen molar-refractivity contribution in [1.29, 1.82) is 10.5 Å². The maximum Gasteiger partial charge on any atom is 0.291 e. The molecule has 2 aliphatic heterocycles. The number of benzene rings is 4. The molecule has 0 radical (unpaired) electrons. The van der Waals surface area contributed by atoms with E-state index in [-0.39, 0.29) is 39.8 Å². The van der Waals surface area contributed by atoms with Gasteiger partial charge in [-0.3, -0.25) is 43.2 Å². The highest BCUT2D eigenvalue weighted by Gasteiger charge is 2.44. The van der Waals surface area contributed by atoms with Crippen LogP contribution < -0.4 is 9.80 Å². The highest BCUT2D eigenvalue weighted by Crippen LogP contribution is 2.42. The molecule has 0 fully saturated rings. The Balaban J connectivity index is 0.000000284. The fourth-order valence-corrected chi connectivity index (χ4v) is 15.8. The molecule has 4 unspecified atom stereocenters. The average molecular weight is 1520 g/mol. The van der Waals surface area contributed by atoms with E-state index >= 15 is 0 Å². The lowest BCUT2D eigenvalue weighted by molar-refractivity contribution is -0.165. The van der Waals surface area contributed by atoms with Gasteiger partial charge in [0.25, 0.3) is 35.4 Å². The van der Waals surface area contributed by atoms with Gasteiger partial charge in [0, 0.05) is 67.9 Å². The number of nitrogens with zero attached hydrogens (tertiary/aromatic N) is 10. The van der Waals surface area contributed by atoms with Crippen LogP contribution in [-0.2, 0) is 28.8 Å². The van der Waals surface area contributed by atoms with Crippen LogP contribution in [0.3, 0.4) is 0 Å². The Morgan fingerprint density at radius 1 is 0.486 bits per heavy atom. The lowest BCUT2D eigenvalue weighted by Crippen LogP contribution is -2.57. The highest BCUT2D eigenvalue weighted by molar-refractivity contribution is 7.17. The number of hydrogen-bond donors (Lipinski definition) is 0. The van der Waals surface area contributed by atoms with Gasteiger partial charge >= 0.3 is 0 Å². The molecule has 0 N–H and O–H groups in total. The molecule has 0 aliphatic carbocycles. The Labute approximate surface area is 654 Å². The van der Waals surface area contributed by atoms with Crippen LogP contribution in [0.25, 0.3) is 28.6 Å². The van der Waals surface area contributed by atoms with Crippen molar-refractivity contribution in [3.63, 3.8) is 0 Å². The van der Waals surface area contributed by atoms with Gasteiger partial charge in [-0.05, 0) is 155 Å². The molecule has 8 rings (SSSR count). The second-order valence-electron chi connectivity index (χ2n) is 28.6. The molecule has 19 nitrogen and oxygen atoms in total. The number of nitriles is 2. The number of aryl methyl sites for hydroxylation is 4. The minimum atomic E-state index is -1.03. The lowest BCUT2D eigenvalue weighted by Gasteiger charge is -2.34. The SMILES string of the molecule is CC(=O)N(C(=O)c1ccccc1)N1C(=O)CC(C)=C(C#N)C1=O.CCCCC(CC)CN(CC(CC)CCCC)c1nc(-c2c(C)cccc2C)c(/C=C2\C(=O)N(N(C(C)=O)C(=O)c3ccccc3)C(=O)C(C#N)=C2C)s1.CCCCC(CC)CN(CC(CC)CCCC)c1nc(-c2c(C)cccc2C)c(C=O)s1. The first-order valence-corrected chi connectivity index (χ1v) is 40.5. The summed E-state index contributed by atoms with van der Waals surface area (Å²) in [5.74, 6) is -4.57. The molecule has 2 aliphatic rings. The van der Waals surface area contributed by atoms with Crippen LogP contribution in [0, 0.1) is 74.0 Å². The third-order valence-electron chi connectivity index (χ3n) is 20.5. The Morgan fingerprint density at radius 3 is 1.17 bits per heavy atom. The molecule has 0 saturated carbocycles. The fourth-order valence-electron chi connectivity index (χ4n) is 13.9. The van der Waals surface area contributed by atoms with E-state index in [1.54, 1.807) is 66.8 Å². The van der Waals surface area contributed by atoms with Crippen molar-refractivity contribution in [2.24, 2.45) is 23.7 Å². The molecule has 580 valence electrons. The number of thiazole rings is 2. The van der Waals surface area contributed by atoms with Crippen LogP contribution in [0.2, 0.25) is 0 Å². The standard InChI is InChI=1S/C44H55N5O4S.C28H44N2OS.C16H13N3O4/c1-9-13-21-33(11-3)27-47(28-34(12-4)22-14-10-2)44-46-40(39-29(5)19-18-20-30(39)6)38(54-44)25-36-31(7)37(26-45)43(53)49(42(36)52)48(32(8)50)41(51)35-23-16-15-17-24-35;1-7-11-16-23(9-3)18-30(19-24(10-4)17-12-8-2)28-29-27(25(20-31)32-28)26-21(5)14-13-15-22(26)6;1-10-8-14(21)19(16(23)13(10)9-17)18(11(2)20)15(22)12-6-4-3-5-7-12/h15-20,23-25,33-34H,9-14,21-22,27-28H2,1-8H3;13-15,20,23-24H,7-12,16-19H2,1-6H3;3-7H,8H2,1-2H3/b36-25-;;. The second kappa shape index (κ2) is 43.4. The van der Waals surface area contributed by atoms with Crippen molar-refractivity contribution in [2.45, 2.75) is 220 Å². The summed E-state index contributed by atoms with van der Waals surface area (Å²) in [6.07, 6.45) is 21.4. The average Bonchev–Trinajstić information content (AvgIpc) is 1.71. The highest BCUT2D eigenvalue weighted by atomic mass is 32.1. The Bertz CT molecular complexity index is 4290. The van der Waals surface area contributed by atoms with Crippen LogP contribution in [0.5, 0.6) is 0 Å². The maximum absolute atomic E-state index is 14.5. The van der Waals surface area contributed by atoms with E-state index in [1.807, 2.05) is 38.1 Å². The quantitative estimate of drug-likeness (QED) is 0.0207. The molecule has 4 aromatic carbocycles. The zero-order chi connectivity index (χ0) is 80.2. The van der Waals surface area contributed by atoms with Gasteiger partial charge in [0.15, 0.2) is 16.5 Å². The zero-order valence-corrected chi connectivity index (χ0v) is 68.6. The third-order valence-corrected chi connectivity index (χ3v) is 22.6. The number of anilines is 2. The monoisotopic (exact) mass is 1520 g/mol. The number of unbranched alkanes of at least 4 members (excludes halogenated alkanes) is 4. The van der Waals surface area contributed by atoms with E-state index in [1.165, 1.54) is 105 Å². The third kappa shape index (κ3) is 22.7. The van der Waals surface area contributed by atoms with Crippen molar-refractivity contribution < 1.29 is 43.2 Å². The van der Waals surface area contributed by atoms with Crippen molar-refractivity contribution in [2.75, 3.05) is 36.0 Å². The Hall–Kier alpha value is -9.83. The van der Waals surface area contributed by atoms with Gasteiger partial charge in [-0.15, -0.1) is 0 Å². The van der Waals surface area contributed by atoms with Gasteiger partial charge in [0.2, 0.25) is 11.8 Å². The summed E-state index contributed by atoms with van der Waals surface area (Å²) in [5.41, 5.74) is 8.27. The number of carbonyl (C=O) groups is 9. The molecule has 0 saturated heterocycles. The van der Waals surface area contributed by atoms with Crippen LogP contribution in [0.4, 0.5) is 10.3 Å². The number of hydrogen-bond acceptors (Lipinski definition) is 17. The molecule has 109 heavy (non-hydrogen) atoms. The summed E-state index contributed by atoms with van der Waals surface area (Å²) in [4.78, 5) is 133. The van der Waals surface area contributed by atoms with E-state index in [2.05, 4.69) is 97.2 Å². The molecule has 0 bridgehead atoms. The molecule has 2 aromatic heterocycles. The Morgan fingerprint density at radius 2 is 0.835 bits per heavy atom.